The molecule has 2 N–H and O–H groups in total. The van der Waals surface area contributed by atoms with E-state index in [1.807, 2.05) is 0 Å². The number of benzene rings is 2. The summed E-state index contributed by atoms with van der Waals surface area (Å²) in [4.78, 5) is 33.7. The van der Waals surface area contributed by atoms with Crippen LogP contribution in [0.2, 0.25) is 0 Å². The monoisotopic (exact) mass is 379 g/mol. The number of nitro groups is 1. The van der Waals surface area contributed by atoms with Crippen LogP contribution in [0.5, 0.6) is 5.75 Å². The van der Waals surface area contributed by atoms with Crippen molar-refractivity contribution in [3.63, 3.8) is 0 Å². The van der Waals surface area contributed by atoms with E-state index in [9.17, 15) is 28.5 Å². The highest BCUT2D eigenvalue weighted by atomic mass is 19.2. The number of anilines is 1. The first kappa shape index (κ1) is 19.8. The van der Waals surface area contributed by atoms with Gasteiger partial charge in [-0.1, -0.05) is 6.07 Å². The Morgan fingerprint density at radius 3 is 2.56 bits per heavy atom. The molecule has 2 rings (SSSR count). The topological polar surface area (TPSA) is 111 Å². The van der Waals surface area contributed by atoms with E-state index in [4.69, 9.17) is 4.74 Å². The Labute approximate surface area is 152 Å². The zero-order valence-electron chi connectivity index (χ0n) is 14.1. The number of halogens is 2. The van der Waals surface area contributed by atoms with Crippen LogP contribution in [0.3, 0.4) is 0 Å². The second kappa shape index (κ2) is 8.70. The summed E-state index contributed by atoms with van der Waals surface area (Å²) in [7, 11) is 0. The van der Waals surface area contributed by atoms with Crippen LogP contribution in [-0.2, 0) is 9.59 Å². The molecule has 0 atom stereocenters. The number of amides is 2. The highest BCUT2D eigenvalue weighted by molar-refractivity contribution is 5.94. The second-order valence-corrected chi connectivity index (χ2v) is 5.40. The zero-order valence-corrected chi connectivity index (χ0v) is 14.1. The molecular weight excluding hydrogens is 364 g/mol. The summed E-state index contributed by atoms with van der Waals surface area (Å²) >= 11 is 0. The fraction of sp³-hybridized carbons (Fsp3) is 0.176. The van der Waals surface area contributed by atoms with E-state index in [0.29, 0.717) is 0 Å². The van der Waals surface area contributed by atoms with Gasteiger partial charge in [0.05, 0.1) is 17.0 Å². The van der Waals surface area contributed by atoms with Gasteiger partial charge in [0.25, 0.3) is 11.6 Å². The van der Waals surface area contributed by atoms with Crippen LogP contribution in [0.15, 0.2) is 36.4 Å². The molecule has 27 heavy (non-hydrogen) atoms. The van der Waals surface area contributed by atoms with Gasteiger partial charge >= 0.3 is 0 Å². The molecule has 0 aliphatic carbocycles. The summed E-state index contributed by atoms with van der Waals surface area (Å²) in [5.41, 5.74) is 0.168. The number of ether oxygens (including phenoxy) is 1. The molecule has 0 saturated carbocycles. The Bertz CT molecular complexity index is 889. The number of nitro benzene ring substituents is 1. The summed E-state index contributed by atoms with van der Waals surface area (Å²) in [5.74, 6) is -3.28. The summed E-state index contributed by atoms with van der Waals surface area (Å²) in [6.07, 6.45) is 0. The van der Waals surface area contributed by atoms with E-state index in [1.165, 1.54) is 31.2 Å². The lowest BCUT2D eigenvalue weighted by molar-refractivity contribution is -0.385. The fourth-order valence-electron chi connectivity index (χ4n) is 2.11. The molecule has 0 aliphatic rings. The predicted molar refractivity (Wildman–Crippen MR) is 91.3 cm³/mol. The van der Waals surface area contributed by atoms with Crippen LogP contribution in [0.4, 0.5) is 20.2 Å². The summed E-state index contributed by atoms with van der Waals surface area (Å²) in [6, 6.07) is 7.05. The van der Waals surface area contributed by atoms with Gasteiger partial charge in [0.2, 0.25) is 5.91 Å². The van der Waals surface area contributed by atoms with Crippen LogP contribution in [0.25, 0.3) is 0 Å². The standard InChI is InChI=1S/C17H15F2N3O5/c1-10-14(22(25)26)3-2-4-15(10)27-9-17(24)20-8-16(23)21-11-5-6-12(18)13(19)7-11/h2-7H,8-9H2,1H3,(H,20,24)(H,21,23). The van der Waals surface area contributed by atoms with Gasteiger partial charge in [-0.05, 0) is 25.1 Å². The van der Waals surface area contributed by atoms with Crippen LogP contribution in [0, 0.1) is 28.7 Å². The maximum Gasteiger partial charge on any atom is 0.276 e. The average molecular weight is 379 g/mol. The predicted octanol–water partition coefficient (Wildman–Crippen LogP) is 2.32. The molecule has 10 heteroatoms. The average Bonchev–Trinajstić information content (AvgIpc) is 2.62. The first-order valence-corrected chi connectivity index (χ1v) is 7.66. The van der Waals surface area contributed by atoms with Crippen molar-refractivity contribution in [2.45, 2.75) is 6.92 Å². The molecular formula is C17H15F2N3O5. The number of nitrogens with zero attached hydrogens (tertiary/aromatic N) is 1. The summed E-state index contributed by atoms with van der Waals surface area (Å²) < 4.78 is 31.1. The van der Waals surface area contributed by atoms with Crippen LogP contribution in [0.1, 0.15) is 5.56 Å². The minimum Gasteiger partial charge on any atom is -0.483 e. The van der Waals surface area contributed by atoms with E-state index in [2.05, 4.69) is 10.6 Å². The molecule has 2 aromatic rings. The maximum absolute atomic E-state index is 13.1. The molecule has 8 nitrogen and oxygen atoms in total. The van der Waals surface area contributed by atoms with Crippen LogP contribution >= 0.6 is 0 Å². The fourth-order valence-corrected chi connectivity index (χ4v) is 2.11. The van der Waals surface area contributed by atoms with Gasteiger partial charge in [0, 0.05) is 17.8 Å². The quantitative estimate of drug-likeness (QED) is 0.567. The molecule has 0 saturated heterocycles. The Hall–Kier alpha value is -3.56. The third-order valence-electron chi connectivity index (χ3n) is 3.46. The number of hydrogen-bond acceptors (Lipinski definition) is 5. The number of hydrogen-bond donors (Lipinski definition) is 2. The minimum absolute atomic E-state index is 0.0385. The van der Waals surface area contributed by atoms with Crippen molar-refractivity contribution in [2.75, 3.05) is 18.5 Å². The van der Waals surface area contributed by atoms with Crippen molar-refractivity contribution in [3.05, 3.63) is 63.7 Å². The van der Waals surface area contributed by atoms with Crippen molar-refractivity contribution in [3.8, 4) is 5.75 Å². The first-order valence-electron chi connectivity index (χ1n) is 7.66. The van der Waals surface area contributed by atoms with Crippen molar-refractivity contribution in [2.24, 2.45) is 0 Å². The molecule has 0 fully saturated rings. The van der Waals surface area contributed by atoms with Gasteiger partial charge in [-0.3, -0.25) is 19.7 Å². The molecule has 0 heterocycles. The zero-order chi connectivity index (χ0) is 20.0. The summed E-state index contributed by atoms with van der Waals surface area (Å²) in [6.45, 7) is 0.607. The Kier molecular flexibility index (Phi) is 6.36. The van der Waals surface area contributed by atoms with Gasteiger partial charge < -0.3 is 15.4 Å². The Morgan fingerprint density at radius 2 is 1.89 bits per heavy atom. The molecule has 142 valence electrons. The lowest BCUT2D eigenvalue weighted by Gasteiger charge is -2.10. The molecule has 0 bridgehead atoms. The highest BCUT2D eigenvalue weighted by Crippen LogP contribution is 2.26. The second-order valence-electron chi connectivity index (χ2n) is 5.40. The Morgan fingerprint density at radius 1 is 1.15 bits per heavy atom. The molecule has 0 aromatic heterocycles. The summed E-state index contributed by atoms with van der Waals surface area (Å²) in [5, 5.41) is 15.4. The van der Waals surface area contributed by atoms with Crippen LogP contribution in [-0.4, -0.2) is 29.9 Å². The molecule has 0 aliphatic heterocycles. The number of carbonyl (C=O) groups excluding carboxylic acids is 2. The third-order valence-corrected chi connectivity index (χ3v) is 3.46. The lowest BCUT2D eigenvalue weighted by Crippen LogP contribution is -2.35. The van der Waals surface area contributed by atoms with Gasteiger partial charge in [0.15, 0.2) is 18.2 Å². The largest absolute Gasteiger partial charge is 0.483 e. The van der Waals surface area contributed by atoms with Gasteiger partial charge in [-0.25, -0.2) is 8.78 Å². The van der Waals surface area contributed by atoms with Crippen molar-refractivity contribution < 1.29 is 28.0 Å². The van der Waals surface area contributed by atoms with Gasteiger partial charge in [0.1, 0.15) is 5.75 Å². The number of carbonyl (C=O) groups is 2. The SMILES string of the molecule is Cc1c(OCC(=O)NCC(=O)Nc2ccc(F)c(F)c2)cccc1[N+](=O)[O-]. The van der Waals surface area contributed by atoms with E-state index in [0.717, 1.165) is 12.1 Å². The Balaban J connectivity index is 1.82. The van der Waals surface area contributed by atoms with Crippen molar-refractivity contribution in [1.82, 2.24) is 5.32 Å². The lowest BCUT2D eigenvalue weighted by atomic mass is 10.2. The minimum atomic E-state index is -1.11. The van der Waals surface area contributed by atoms with Crippen molar-refractivity contribution >= 4 is 23.2 Å². The smallest absolute Gasteiger partial charge is 0.276 e. The third kappa shape index (κ3) is 5.46. The number of nitrogens with one attached hydrogen (secondary N) is 2. The van der Waals surface area contributed by atoms with Gasteiger partial charge in [-0.15, -0.1) is 0 Å². The molecule has 2 amide bonds. The highest BCUT2D eigenvalue weighted by Gasteiger charge is 2.15. The molecule has 0 spiro atoms. The molecule has 2 aromatic carbocycles. The van der Waals surface area contributed by atoms with Gasteiger partial charge in [-0.2, -0.15) is 0 Å². The molecule has 0 unspecified atom stereocenters. The van der Waals surface area contributed by atoms with Crippen LogP contribution < -0.4 is 15.4 Å². The van der Waals surface area contributed by atoms with Crippen molar-refractivity contribution in [1.29, 1.82) is 0 Å². The first-order chi connectivity index (χ1) is 12.8. The van der Waals surface area contributed by atoms with E-state index in [1.54, 1.807) is 0 Å². The van der Waals surface area contributed by atoms with E-state index >= 15 is 0 Å². The molecule has 0 radical (unpaired) electrons. The number of rotatable bonds is 7. The maximum atomic E-state index is 13.1. The van der Waals surface area contributed by atoms with E-state index < -0.39 is 41.5 Å². The van der Waals surface area contributed by atoms with E-state index in [-0.39, 0.29) is 22.7 Å². The normalized spacial score (nSPS) is 10.2.